The molecule has 0 aliphatic carbocycles. The molecule has 0 aliphatic rings. The SMILES string of the molecule is CCCNc1nc(N(CC)CCOC)c2cc(C)sc2n1. The first kappa shape index (κ1) is 16.0. The number of aryl methyl sites for hydroxylation is 1. The molecule has 2 aromatic rings. The molecule has 0 spiro atoms. The van der Waals surface area contributed by atoms with Crippen molar-refractivity contribution in [3.05, 3.63) is 10.9 Å². The zero-order chi connectivity index (χ0) is 15.2. The Labute approximate surface area is 130 Å². The molecule has 2 rings (SSSR count). The van der Waals surface area contributed by atoms with Gasteiger partial charge in [0, 0.05) is 31.6 Å². The summed E-state index contributed by atoms with van der Waals surface area (Å²) in [7, 11) is 1.73. The lowest BCUT2D eigenvalue weighted by Crippen LogP contribution is -2.28. The van der Waals surface area contributed by atoms with E-state index in [0.717, 1.165) is 48.0 Å². The number of nitrogens with one attached hydrogen (secondary N) is 1. The van der Waals surface area contributed by atoms with E-state index in [1.807, 2.05) is 0 Å². The molecule has 5 nitrogen and oxygen atoms in total. The van der Waals surface area contributed by atoms with Crippen molar-refractivity contribution in [2.75, 3.05) is 43.6 Å². The molecule has 0 bridgehead atoms. The number of aromatic nitrogens is 2. The minimum Gasteiger partial charge on any atom is -0.383 e. The number of thiophene rings is 1. The quantitative estimate of drug-likeness (QED) is 0.811. The molecule has 116 valence electrons. The van der Waals surface area contributed by atoms with E-state index in [9.17, 15) is 0 Å². The number of methoxy groups -OCH3 is 1. The standard InChI is InChI=1S/C15H24N4OS/c1-5-7-16-15-17-13(19(6-2)8-9-20-4)12-10-11(3)21-14(12)18-15/h10H,5-9H2,1-4H3,(H,16,17,18). The van der Waals surface area contributed by atoms with Crippen molar-refractivity contribution in [2.24, 2.45) is 0 Å². The van der Waals surface area contributed by atoms with Gasteiger partial charge in [-0.1, -0.05) is 6.92 Å². The normalized spacial score (nSPS) is 11.0. The first-order valence-corrected chi connectivity index (χ1v) is 8.27. The number of rotatable bonds is 8. The molecule has 6 heteroatoms. The van der Waals surface area contributed by atoms with Gasteiger partial charge in [0.05, 0.1) is 12.0 Å². The van der Waals surface area contributed by atoms with Crippen molar-refractivity contribution in [3.8, 4) is 0 Å². The van der Waals surface area contributed by atoms with Crippen LogP contribution in [0.5, 0.6) is 0 Å². The first-order valence-electron chi connectivity index (χ1n) is 7.45. The molecule has 0 radical (unpaired) electrons. The van der Waals surface area contributed by atoms with Crippen LogP contribution in [0, 0.1) is 6.92 Å². The van der Waals surface area contributed by atoms with E-state index in [-0.39, 0.29) is 0 Å². The fourth-order valence-electron chi connectivity index (χ4n) is 2.20. The van der Waals surface area contributed by atoms with Gasteiger partial charge < -0.3 is 15.0 Å². The summed E-state index contributed by atoms with van der Waals surface area (Å²) < 4.78 is 5.21. The summed E-state index contributed by atoms with van der Waals surface area (Å²) in [6.07, 6.45) is 1.06. The Morgan fingerprint density at radius 2 is 2.14 bits per heavy atom. The molecular formula is C15H24N4OS. The Morgan fingerprint density at radius 3 is 2.81 bits per heavy atom. The van der Waals surface area contributed by atoms with Gasteiger partial charge in [0.2, 0.25) is 5.95 Å². The van der Waals surface area contributed by atoms with Crippen LogP contribution in [0.2, 0.25) is 0 Å². The molecular weight excluding hydrogens is 284 g/mol. The van der Waals surface area contributed by atoms with Gasteiger partial charge in [-0.2, -0.15) is 4.98 Å². The van der Waals surface area contributed by atoms with Crippen molar-refractivity contribution in [3.63, 3.8) is 0 Å². The second-order valence-corrected chi connectivity index (χ2v) is 6.18. The van der Waals surface area contributed by atoms with E-state index in [1.54, 1.807) is 18.4 Å². The third kappa shape index (κ3) is 3.83. The van der Waals surface area contributed by atoms with E-state index in [2.05, 4.69) is 42.0 Å². The van der Waals surface area contributed by atoms with Crippen LogP contribution in [0.1, 0.15) is 25.1 Å². The largest absolute Gasteiger partial charge is 0.383 e. The summed E-state index contributed by atoms with van der Waals surface area (Å²) in [6, 6.07) is 2.17. The maximum atomic E-state index is 5.21. The van der Waals surface area contributed by atoms with Gasteiger partial charge in [0.1, 0.15) is 10.6 Å². The summed E-state index contributed by atoms with van der Waals surface area (Å²) in [5.74, 6) is 1.72. The molecule has 0 amide bonds. The Kier molecular flexibility index (Phi) is 5.76. The lowest BCUT2D eigenvalue weighted by molar-refractivity contribution is 0.205. The fraction of sp³-hybridized carbons (Fsp3) is 0.600. The smallest absolute Gasteiger partial charge is 0.226 e. The van der Waals surface area contributed by atoms with E-state index < -0.39 is 0 Å². The molecule has 2 aromatic heterocycles. The Hall–Kier alpha value is -1.40. The average molecular weight is 308 g/mol. The van der Waals surface area contributed by atoms with Crippen molar-refractivity contribution in [2.45, 2.75) is 27.2 Å². The number of hydrogen-bond acceptors (Lipinski definition) is 6. The molecule has 2 heterocycles. The molecule has 0 fully saturated rings. The lowest BCUT2D eigenvalue weighted by Gasteiger charge is -2.22. The Bertz CT molecular complexity index is 584. The predicted molar refractivity (Wildman–Crippen MR) is 90.7 cm³/mol. The van der Waals surface area contributed by atoms with Crippen LogP contribution in [0.25, 0.3) is 10.2 Å². The van der Waals surface area contributed by atoms with Crippen LogP contribution < -0.4 is 10.2 Å². The monoisotopic (exact) mass is 308 g/mol. The third-order valence-electron chi connectivity index (χ3n) is 3.28. The van der Waals surface area contributed by atoms with Gasteiger partial charge in [-0.15, -0.1) is 11.3 Å². The highest BCUT2D eigenvalue weighted by Gasteiger charge is 2.15. The van der Waals surface area contributed by atoms with E-state index in [1.165, 1.54) is 4.88 Å². The zero-order valence-electron chi connectivity index (χ0n) is 13.3. The van der Waals surface area contributed by atoms with E-state index >= 15 is 0 Å². The lowest BCUT2D eigenvalue weighted by atomic mass is 10.3. The maximum absolute atomic E-state index is 5.21. The fourth-order valence-corrected chi connectivity index (χ4v) is 3.07. The highest BCUT2D eigenvalue weighted by molar-refractivity contribution is 7.18. The zero-order valence-corrected chi connectivity index (χ0v) is 14.1. The Morgan fingerprint density at radius 1 is 1.33 bits per heavy atom. The Balaban J connectivity index is 2.41. The minimum absolute atomic E-state index is 0.695. The summed E-state index contributed by atoms with van der Waals surface area (Å²) in [5.41, 5.74) is 0. The van der Waals surface area contributed by atoms with Gasteiger partial charge in [-0.3, -0.25) is 0 Å². The van der Waals surface area contributed by atoms with Crippen LogP contribution in [0.15, 0.2) is 6.07 Å². The number of likely N-dealkylation sites (N-methyl/N-ethyl adjacent to an activating group) is 1. The summed E-state index contributed by atoms with van der Waals surface area (Å²) >= 11 is 1.72. The predicted octanol–water partition coefficient (Wildman–Crippen LogP) is 3.29. The number of ether oxygens (including phenoxy) is 1. The highest BCUT2D eigenvalue weighted by atomic mass is 32.1. The van der Waals surface area contributed by atoms with Crippen molar-refractivity contribution >= 4 is 33.3 Å². The number of fused-ring (bicyclic) bond motifs is 1. The van der Waals surface area contributed by atoms with Crippen LogP contribution in [-0.2, 0) is 4.74 Å². The topological polar surface area (TPSA) is 50.3 Å². The molecule has 0 saturated heterocycles. The van der Waals surface area contributed by atoms with Gasteiger partial charge in [-0.05, 0) is 26.3 Å². The molecule has 0 atom stereocenters. The molecule has 0 saturated carbocycles. The van der Waals surface area contributed by atoms with Gasteiger partial charge >= 0.3 is 0 Å². The van der Waals surface area contributed by atoms with Crippen LogP contribution >= 0.6 is 11.3 Å². The summed E-state index contributed by atoms with van der Waals surface area (Å²) in [5, 5.41) is 4.43. The third-order valence-corrected chi connectivity index (χ3v) is 4.22. The van der Waals surface area contributed by atoms with Crippen LogP contribution in [-0.4, -0.2) is 43.3 Å². The van der Waals surface area contributed by atoms with Crippen molar-refractivity contribution in [1.82, 2.24) is 9.97 Å². The number of anilines is 2. The molecule has 0 aliphatic heterocycles. The van der Waals surface area contributed by atoms with Gasteiger partial charge in [0.25, 0.3) is 0 Å². The van der Waals surface area contributed by atoms with Gasteiger partial charge in [0.15, 0.2) is 0 Å². The van der Waals surface area contributed by atoms with Crippen molar-refractivity contribution in [1.29, 1.82) is 0 Å². The van der Waals surface area contributed by atoms with E-state index in [4.69, 9.17) is 9.72 Å². The second kappa shape index (κ2) is 7.56. The summed E-state index contributed by atoms with van der Waals surface area (Å²) in [4.78, 5) is 13.9. The van der Waals surface area contributed by atoms with Gasteiger partial charge in [-0.25, -0.2) is 4.98 Å². The van der Waals surface area contributed by atoms with E-state index in [0.29, 0.717) is 6.61 Å². The molecule has 0 unspecified atom stereocenters. The van der Waals surface area contributed by atoms with Crippen molar-refractivity contribution < 1.29 is 4.74 Å². The molecule has 1 N–H and O–H groups in total. The summed E-state index contributed by atoms with van der Waals surface area (Å²) in [6.45, 7) is 9.71. The molecule has 0 aromatic carbocycles. The average Bonchev–Trinajstić information content (AvgIpc) is 2.86. The number of hydrogen-bond donors (Lipinski definition) is 1. The number of nitrogens with zero attached hydrogens (tertiary/aromatic N) is 3. The first-order chi connectivity index (χ1) is 10.2. The second-order valence-electron chi connectivity index (χ2n) is 4.95. The van der Waals surface area contributed by atoms with Crippen LogP contribution in [0.4, 0.5) is 11.8 Å². The maximum Gasteiger partial charge on any atom is 0.226 e. The highest BCUT2D eigenvalue weighted by Crippen LogP contribution is 2.31. The van der Waals surface area contributed by atoms with Crippen LogP contribution in [0.3, 0.4) is 0 Å². The molecule has 21 heavy (non-hydrogen) atoms. The minimum atomic E-state index is 0.695.